The Morgan fingerprint density at radius 1 is 0.529 bits per heavy atom. The van der Waals surface area contributed by atoms with E-state index in [2.05, 4.69) is 58.6 Å². The van der Waals surface area contributed by atoms with Crippen molar-refractivity contribution in [2.24, 2.45) is 0 Å². The van der Waals surface area contributed by atoms with Crippen LogP contribution in [0.15, 0.2) is 175 Å². The number of benzene rings is 6. The van der Waals surface area contributed by atoms with Crippen molar-refractivity contribution in [1.29, 1.82) is 10.5 Å². The third kappa shape index (κ3) is 9.79. The van der Waals surface area contributed by atoms with Crippen LogP contribution in [0.4, 0.5) is 22.7 Å². The minimum Gasteiger partial charge on any atom is -0.478 e. The average Bonchev–Trinajstić information content (AvgIpc) is 3.36. The van der Waals surface area contributed by atoms with Crippen LogP contribution < -0.4 is 16.1 Å². The predicted molar refractivity (Wildman–Crippen MR) is 266 cm³/mol. The number of carboxylic acid groups (broad SMARTS) is 2. The molecule has 6 aromatic carbocycles. The van der Waals surface area contributed by atoms with Crippen molar-refractivity contribution < 1.29 is 29.9 Å². The molecule has 0 unspecified atom stereocenters. The zero-order valence-electron chi connectivity index (χ0n) is 35.4. The Morgan fingerprint density at radius 3 is 1.59 bits per heavy atom. The number of hydrogen-bond acceptors (Lipinski definition) is 12. The number of anilines is 4. The van der Waals surface area contributed by atoms with Gasteiger partial charge in [0.25, 0.3) is 0 Å². The van der Waals surface area contributed by atoms with Gasteiger partial charge in [-0.1, -0.05) is 82.7 Å². The third-order valence-electron chi connectivity index (χ3n) is 10.7. The fraction of sp³-hybridized carbons (Fsp3) is 0. The number of carbonyl (C=O) groups is 2. The van der Waals surface area contributed by atoms with Gasteiger partial charge in [-0.15, -0.1) is 0 Å². The van der Waals surface area contributed by atoms with E-state index < -0.39 is 19.1 Å². The fourth-order valence-corrected chi connectivity index (χ4v) is 7.86. The van der Waals surface area contributed by atoms with Crippen LogP contribution in [-0.4, -0.2) is 59.3 Å². The monoisotopic (exact) mass is 956 g/mol. The van der Waals surface area contributed by atoms with E-state index in [1.54, 1.807) is 67.0 Å². The highest BCUT2D eigenvalue weighted by molar-refractivity contribution is 9.10. The first kappa shape index (κ1) is 45.5. The quantitative estimate of drug-likeness (QED) is 0.0778. The number of aromatic nitrogens is 4. The van der Waals surface area contributed by atoms with Gasteiger partial charge in [-0.05, 0) is 101 Å². The molecule has 14 nitrogen and oxygen atoms in total. The van der Waals surface area contributed by atoms with E-state index in [4.69, 9.17) is 10.0 Å². The summed E-state index contributed by atoms with van der Waals surface area (Å²) in [4.78, 5) is 40.2. The maximum Gasteiger partial charge on any atom is 0.489 e. The number of hydrogen-bond donors (Lipinski definition) is 6. The number of pyridine rings is 4. The molecule has 0 spiro atoms. The van der Waals surface area contributed by atoms with E-state index in [1.165, 1.54) is 24.5 Å². The van der Waals surface area contributed by atoms with E-state index in [0.29, 0.717) is 50.4 Å². The zero-order valence-corrected chi connectivity index (χ0v) is 37.0. The summed E-state index contributed by atoms with van der Waals surface area (Å²) in [5.74, 6) is -2.08. The van der Waals surface area contributed by atoms with E-state index in [9.17, 15) is 30.3 Å². The first-order valence-corrected chi connectivity index (χ1v) is 21.4. The highest BCUT2D eigenvalue weighted by atomic mass is 79.9. The Kier molecular flexibility index (Phi) is 13.7. The van der Waals surface area contributed by atoms with Crippen LogP contribution in [0.2, 0.25) is 0 Å². The number of nitriles is 2. The highest BCUT2D eigenvalue weighted by Crippen LogP contribution is 2.36. The zero-order chi connectivity index (χ0) is 47.7. The maximum atomic E-state index is 11.7. The van der Waals surface area contributed by atoms with Crippen LogP contribution in [0.1, 0.15) is 31.8 Å². The molecular formula is C52H34BBrN8O6. The molecule has 6 N–H and O–H groups in total. The molecule has 16 heteroatoms. The summed E-state index contributed by atoms with van der Waals surface area (Å²) in [7, 11) is -1.44. The van der Waals surface area contributed by atoms with Crippen molar-refractivity contribution in [1.82, 2.24) is 19.9 Å². The largest absolute Gasteiger partial charge is 0.489 e. The molecule has 0 aliphatic rings. The van der Waals surface area contributed by atoms with Gasteiger partial charge >= 0.3 is 19.1 Å². The molecule has 0 aliphatic carbocycles. The lowest BCUT2D eigenvalue weighted by Gasteiger charge is -2.14. The third-order valence-corrected chi connectivity index (χ3v) is 11.2. The molecular weight excluding hydrogens is 923 g/mol. The van der Waals surface area contributed by atoms with Crippen molar-refractivity contribution in [2.45, 2.75) is 0 Å². The lowest BCUT2D eigenvalue weighted by atomic mass is 9.78. The van der Waals surface area contributed by atoms with Crippen molar-refractivity contribution in [3.63, 3.8) is 0 Å². The van der Waals surface area contributed by atoms with Crippen LogP contribution in [0.5, 0.6) is 0 Å². The molecule has 0 atom stereocenters. The molecule has 0 radical (unpaired) electrons. The molecule has 4 heterocycles. The van der Waals surface area contributed by atoms with E-state index in [1.807, 2.05) is 78.9 Å². The number of rotatable bonds is 8. The van der Waals surface area contributed by atoms with E-state index in [0.717, 1.165) is 48.2 Å². The fourth-order valence-electron chi connectivity index (χ4n) is 7.50. The van der Waals surface area contributed by atoms with Gasteiger partial charge in [-0.3, -0.25) is 19.9 Å². The molecule has 0 saturated carbocycles. The van der Waals surface area contributed by atoms with Gasteiger partial charge in [0.15, 0.2) is 0 Å². The average molecular weight is 958 g/mol. The molecule has 10 rings (SSSR count). The highest BCUT2D eigenvalue weighted by Gasteiger charge is 2.17. The first-order chi connectivity index (χ1) is 33.0. The molecule has 10 aromatic rings. The van der Waals surface area contributed by atoms with Crippen LogP contribution in [0, 0.1) is 22.7 Å². The van der Waals surface area contributed by atoms with Gasteiger partial charge in [0.2, 0.25) is 0 Å². The summed E-state index contributed by atoms with van der Waals surface area (Å²) in [5, 5.41) is 65.5. The smallest absolute Gasteiger partial charge is 0.478 e. The van der Waals surface area contributed by atoms with E-state index in [-0.39, 0.29) is 11.1 Å². The van der Waals surface area contributed by atoms with E-state index >= 15 is 0 Å². The number of fused-ring (bicyclic) bond motifs is 4. The maximum absolute atomic E-state index is 11.7. The molecule has 0 saturated heterocycles. The number of halogens is 1. The summed E-state index contributed by atoms with van der Waals surface area (Å²) in [6.07, 6.45) is 6.41. The molecule has 328 valence electrons. The summed E-state index contributed by atoms with van der Waals surface area (Å²) < 4.78 is 0.844. The van der Waals surface area contributed by atoms with Crippen LogP contribution in [0.3, 0.4) is 0 Å². The summed E-state index contributed by atoms with van der Waals surface area (Å²) in [6, 6.07) is 47.5. The van der Waals surface area contributed by atoms with Crippen LogP contribution in [-0.2, 0) is 0 Å². The SMILES string of the molecule is N#Cc1cnc2ccc(-c3cccc4ncccc34)cc2c1Nc1ccccc1C(=O)O.N#Cc1cnc2ccc(Br)cc2c1Nc1ccccc1C(=O)O.OB(O)c1cccc2ncccc12. The number of carboxylic acids is 2. The predicted octanol–water partition coefficient (Wildman–Crippen LogP) is 9.99. The Hall–Kier alpha value is -9.06. The standard InChI is InChI=1S/C26H16N4O2.C17H10BrN3O2.C9H8BNO2/c27-14-17-15-29-23-11-10-16(18-6-3-9-22-19(18)7-4-12-28-22)13-21(23)25(17)30-24-8-2-1-5-20(24)26(31)32;18-11-5-6-14-13(7-11)16(10(8-19)9-20-14)21-15-4-2-1-3-12(15)17(22)23;12-10(13)8-4-1-5-9-7(8)3-2-6-11-9/h1-13,15H,(H,29,30)(H,31,32);1-7,9H,(H,20,21)(H,22,23);1-6,12-13H. The topological polar surface area (TPSA) is 238 Å². The molecule has 0 fully saturated rings. The number of nitrogens with one attached hydrogen (secondary N) is 2. The Morgan fingerprint density at radius 2 is 1.03 bits per heavy atom. The number of nitrogens with zero attached hydrogens (tertiary/aromatic N) is 6. The Bertz CT molecular complexity index is 3640. The molecule has 68 heavy (non-hydrogen) atoms. The first-order valence-electron chi connectivity index (χ1n) is 20.6. The van der Waals surface area contributed by atoms with Crippen molar-refractivity contribution in [3.05, 3.63) is 197 Å². The lowest BCUT2D eigenvalue weighted by Crippen LogP contribution is -2.30. The second kappa shape index (κ2) is 20.4. The lowest BCUT2D eigenvalue weighted by molar-refractivity contribution is 0.0687. The van der Waals surface area contributed by atoms with Gasteiger partial charge in [0.05, 0.1) is 67.1 Å². The van der Waals surface area contributed by atoms with Gasteiger partial charge in [0.1, 0.15) is 12.1 Å². The van der Waals surface area contributed by atoms with Gasteiger partial charge in [-0.25, -0.2) is 9.59 Å². The van der Waals surface area contributed by atoms with Gasteiger partial charge < -0.3 is 30.9 Å². The van der Waals surface area contributed by atoms with Crippen molar-refractivity contribution in [3.8, 4) is 23.3 Å². The van der Waals surface area contributed by atoms with Crippen LogP contribution in [0.25, 0.3) is 54.7 Å². The Balaban J connectivity index is 0.000000151. The number of para-hydroxylation sites is 2. The second-order valence-electron chi connectivity index (χ2n) is 14.8. The minimum atomic E-state index is -1.44. The molecule has 4 aromatic heterocycles. The molecule has 0 aliphatic heterocycles. The normalized spacial score (nSPS) is 10.5. The Labute approximate surface area is 396 Å². The van der Waals surface area contributed by atoms with Crippen molar-refractivity contribution in [2.75, 3.05) is 10.6 Å². The van der Waals surface area contributed by atoms with Crippen molar-refractivity contribution >= 4 is 107 Å². The second-order valence-corrected chi connectivity index (χ2v) is 15.7. The summed E-state index contributed by atoms with van der Waals surface area (Å²) in [6.45, 7) is 0. The van der Waals surface area contributed by atoms with Gasteiger partial charge in [-0.2, -0.15) is 10.5 Å². The number of aromatic carboxylic acids is 2. The van der Waals surface area contributed by atoms with Crippen LogP contribution >= 0.6 is 15.9 Å². The molecule has 0 amide bonds. The van der Waals surface area contributed by atoms with Gasteiger partial charge in [0, 0.05) is 45.4 Å². The molecule has 0 bridgehead atoms. The summed E-state index contributed by atoms with van der Waals surface area (Å²) >= 11 is 3.40. The minimum absolute atomic E-state index is 0.123. The summed E-state index contributed by atoms with van der Waals surface area (Å²) in [5.41, 5.74) is 8.33.